The number of benzene rings is 1. The molecule has 1 rings (SSSR count). The van der Waals surface area contributed by atoms with Crippen molar-refractivity contribution >= 4 is 28.9 Å². The molecule has 0 heterocycles. The summed E-state index contributed by atoms with van der Waals surface area (Å²) in [4.78, 5) is 0. The van der Waals surface area contributed by atoms with Crippen LogP contribution in [0.1, 0.15) is 5.56 Å². The maximum Gasteiger partial charge on any atom is 0.160 e. The number of nitrogens with two attached hydrogens (primary N) is 2. The van der Waals surface area contributed by atoms with Gasteiger partial charge in [0.25, 0.3) is 0 Å². The minimum atomic E-state index is 0. The summed E-state index contributed by atoms with van der Waals surface area (Å²) in [5, 5.41) is 0.000000000000000222. The predicted molar refractivity (Wildman–Crippen MR) is 57.0 cm³/mol. The van der Waals surface area contributed by atoms with Crippen LogP contribution in [0.25, 0.3) is 0 Å². The minimum Gasteiger partial charge on any atom is -0.377 e. The van der Waals surface area contributed by atoms with Gasteiger partial charge >= 0.3 is 0 Å². The molecule has 4 N–H and O–H groups in total. The van der Waals surface area contributed by atoms with Crippen molar-refractivity contribution in [3.63, 3.8) is 0 Å². The molecule has 0 bridgehead atoms. The van der Waals surface area contributed by atoms with Gasteiger partial charge < -0.3 is 11.5 Å². The zero-order chi connectivity index (χ0) is 9.40. The Labute approximate surface area is 99.1 Å². The van der Waals surface area contributed by atoms with Crippen LogP contribution < -0.4 is 11.5 Å². The summed E-state index contributed by atoms with van der Waals surface area (Å²) in [5.74, 6) is 0.612. The molecular weight excluding hydrogens is 247 g/mol. The molecule has 0 fully saturated rings. The number of hydrogen-bond donors (Lipinski definition) is 2. The topological polar surface area (TPSA) is 52.0 Å². The van der Waals surface area contributed by atoms with E-state index in [2.05, 4.69) is 23.7 Å². The summed E-state index contributed by atoms with van der Waals surface area (Å²) in [6.07, 6.45) is 0. The molecule has 0 aliphatic rings. The van der Waals surface area contributed by atoms with Crippen LogP contribution in [0.2, 0.25) is 0 Å². The average molecular weight is 259 g/mol. The Morgan fingerprint density at radius 2 is 1.62 bits per heavy atom. The van der Waals surface area contributed by atoms with E-state index in [0.29, 0.717) is 5.88 Å². The van der Waals surface area contributed by atoms with Crippen molar-refractivity contribution in [2.45, 2.75) is 5.88 Å². The van der Waals surface area contributed by atoms with Crippen LogP contribution in [0.15, 0.2) is 30.3 Å². The monoisotopic (exact) mass is 258 g/mol. The third kappa shape index (κ3) is 11.7. The fraction of sp³-hybridized carbons (Fsp3) is 0.125. The molecule has 5 heteroatoms. The van der Waals surface area contributed by atoms with E-state index in [9.17, 15) is 0 Å². The summed E-state index contributed by atoms with van der Waals surface area (Å²) in [6.45, 7) is 0. The maximum atomic E-state index is 5.53. The summed E-state index contributed by atoms with van der Waals surface area (Å²) < 4.78 is 0. The first-order valence-corrected chi connectivity index (χ1v) is 4.26. The van der Waals surface area contributed by atoms with Crippen LogP contribution in [-0.2, 0) is 22.9 Å². The quantitative estimate of drug-likeness (QED) is 0.457. The molecule has 0 spiro atoms. The Hall–Kier alpha value is -0.281. The van der Waals surface area contributed by atoms with Crippen molar-refractivity contribution in [2.24, 2.45) is 11.5 Å². The van der Waals surface area contributed by atoms with Crippen LogP contribution in [0.4, 0.5) is 0 Å². The van der Waals surface area contributed by atoms with E-state index >= 15 is 0 Å². The van der Waals surface area contributed by atoms with E-state index in [0.717, 1.165) is 0 Å². The Morgan fingerprint density at radius 3 is 1.85 bits per heavy atom. The molecule has 0 amide bonds. The molecule has 1 aromatic rings. The van der Waals surface area contributed by atoms with Gasteiger partial charge in [-0.3, -0.25) is 0 Å². The van der Waals surface area contributed by atoms with Gasteiger partial charge in [0.1, 0.15) is 0 Å². The van der Waals surface area contributed by atoms with Crippen molar-refractivity contribution in [3.8, 4) is 0 Å². The van der Waals surface area contributed by atoms with Crippen molar-refractivity contribution in [1.29, 1.82) is 0 Å². The van der Waals surface area contributed by atoms with Gasteiger partial charge in [0.2, 0.25) is 0 Å². The standard InChI is InChI=1S/C7H7Cl.CH4N2S.Fe/c8-6-7-4-2-1-3-5-7;2-1(3)4;/h1-5H,6H2;(H4,2,3,4);. The fourth-order valence-electron chi connectivity index (χ4n) is 0.567. The third-order valence-electron chi connectivity index (χ3n) is 0.997. The van der Waals surface area contributed by atoms with Gasteiger partial charge in [0.05, 0.1) is 0 Å². The van der Waals surface area contributed by atoms with Gasteiger partial charge in [-0.1, -0.05) is 30.3 Å². The number of halogens is 1. The Bertz CT molecular complexity index is 227. The summed E-state index contributed by atoms with van der Waals surface area (Å²) in [7, 11) is 0. The number of alkyl halides is 1. The van der Waals surface area contributed by atoms with Gasteiger partial charge in [0.15, 0.2) is 5.11 Å². The zero-order valence-corrected chi connectivity index (χ0v) is 9.56. The summed E-state index contributed by atoms with van der Waals surface area (Å²) >= 11 is 9.62. The Kier molecular flexibility index (Phi) is 11.5. The molecule has 2 nitrogen and oxygen atoms in total. The van der Waals surface area contributed by atoms with Crippen molar-refractivity contribution < 1.29 is 17.1 Å². The number of rotatable bonds is 1. The third-order valence-corrected chi connectivity index (χ3v) is 1.31. The molecule has 0 saturated heterocycles. The second-order valence-electron chi connectivity index (χ2n) is 2.02. The van der Waals surface area contributed by atoms with Crippen molar-refractivity contribution in [3.05, 3.63) is 35.9 Å². The van der Waals surface area contributed by atoms with Crippen LogP contribution >= 0.6 is 23.8 Å². The van der Waals surface area contributed by atoms with Gasteiger partial charge in [-0.15, -0.1) is 11.6 Å². The first kappa shape index (κ1) is 15.2. The van der Waals surface area contributed by atoms with E-state index in [1.807, 2.05) is 30.3 Å². The number of thiocarbonyl (C=S) groups is 1. The number of hydrogen-bond acceptors (Lipinski definition) is 1. The van der Waals surface area contributed by atoms with Crippen LogP contribution in [0.3, 0.4) is 0 Å². The van der Waals surface area contributed by atoms with Gasteiger partial charge in [-0.25, -0.2) is 0 Å². The molecule has 0 aliphatic carbocycles. The smallest absolute Gasteiger partial charge is 0.160 e. The average Bonchev–Trinajstić information content (AvgIpc) is 2.05. The molecule has 0 atom stereocenters. The molecule has 13 heavy (non-hydrogen) atoms. The molecule has 0 radical (unpaired) electrons. The van der Waals surface area contributed by atoms with Crippen LogP contribution in [0, 0.1) is 0 Å². The van der Waals surface area contributed by atoms with E-state index in [-0.39, 0.29) is 22.2 Å². The molecule has 0 saturated carbocycles. The van der Waals surface area contributed by atoms with Crippen molar-refractivity contribution in [1.82, 2.24) is 0 Å². The van der Waals surface area contributed by atoms with Gasteiger partial charge in [-0.2, -0.15) is 0 Å². The summed E-state index contributed by atoms with van der Waals surface area (Å²) in [6, 6.07) is 9.96. The predicted octanol–water partition coefficient (Wildman–Crippen LogP) is 1.61. The SMILES string of the molecule is ClCc1ccccc1.NC(N)=S.[Fe]. The maximum absolute atomic E-state index is 5.53. The minimum absolute atomic E-state index is 0. The fourth-order valence-corrected chi connectivity index (χ4v) is 0.745. The molecule has 1 aromatic carbocycles. The molecule has 74 valence electrons. The second-order valence-corrected chi connectivity index (χ2v) is 2.76. The molecular formula is C8H11ClFeN2S. The Balaban J connectivity index is 0. The van der Waals surface area contributed by atoms with Crippen LogP contribution in [0.5, 0.6) is 0 Å². The first-order valence-electron chi connectivity index (χ1n) is 3.31. The van der Waals surface area contributed by atoms with E-state index in [4.69, 9.17) is 11.6 Å². The summed E-state index contributed by atoms with van der Waals surface area (Å²) in [5.41, 5.74) is 10.4. The first-order chi connectivity index (χ1) is 5.66. The van der Waals surface area contributed by atoms with E-state index in [1.165, 1.54) is 5.56 Å². The van der Waals surface area contributed by atoms with E-state index in [1.54, 1.807) is 0 Å². The largest absolute Gasteiger partial charge is 0.377 e. The van der Waals surface area contributed by atoms with E-state index < -0.39 is 0 Å². The van der Waals surface area contributed by atoms with Gasteiger partial charge in [-0.05, 0) is 17.8 Å². The molecule has 0 aromatic heterocycles. The molecule has 0 unspecified atom stereocenters. The normalized spacial score (nSPS) is 7.46. The zero-order valence-electron chi connectivity index (χ0n) is 6.89. The molecule has 0 aliphatic heterocycles. The van der Waals surface area contributed by atoms with Crippen molar-refractivity contribution in [2.75, 3.05) is 0 Å². The second kappa shape index (κ2) is 9.80. The van der Waals surface area contributed by atoms with Gasteiger partial charge in [0, 0.05) is 22.9 Å². The Morgan fingerprint density at radius 1 is 1.23 bits per heavy atom. The van der Waals surface area contributed by atoms with Crippen LogP contribution in [-0.4, -0.2) is 5.11 Å².